The first kappa shape index (κ1) is 18.4. The van der Waals surface area contributed by atoms with Gasteiger partial charge in [-0.3, -0.25) is 4.79 Å². The lowest BCUT2D eigenvalue weighted by Gasteiger charge is -2.33. The van der Waals surface area contributed by atoms with Gasteiger partial charge in [-0.05, 0) is 42.9 Å². The normalized spacial score (nSPS) is 15.7. The van der Waals surface area contributed by atoms with E-state index in [4.69, 9.17) is 0 Å². The first-order valence-electron chi connectivity index (χ1n) is 9.48. The summed E-state index contributed by atoms with van der Waals surface area (Å²) in [5.41, 5.74) is 2.16. The number of hydrogen-bond donors (Lipinski definition) is 1. The summed E-state index contributed by atoms with van der Waals surface area (Å²) in [7, 11) is 0. The van der Waals surface area contributed by atoms with Crippen molar-refractivity contribution in [1.29, 1.82) is 0 Å². The molecule has 0 bridgehead atoms. The molecule has 0 atom stereocenters. The molecule has 138 valence electrons. The number of amides is 1. The van der Waals surface area contributed by atoms with E-state index in [-0.39, 0.29) is 5.91 Å². The van der Waals surface area contributed by atoms with E-state index in [2.05, 4.69) is 51.6 Å². The summed E-state index contributed by atoms with van der Waals surface area (Å²) < 4.78 is 0. The topological polar surface area (TPSA) is 45.2 Å². The Morgan fingerprint density at radius 1 is 1.12 bits per heavy atom. The van der Waals surface area contributed by atoms with E-state index in [0.717, 1.165) is 24.7 Å². The third kappa shape index (κ3) is 4.84. The third-order valence-corrected chi connectivity index (χ3v) is 5.02. The molecule has 4 nitrogen and oxygen atoms in total. The lowest BCUT2D eigenvalue weighted by molar-refractivity contribution is -0.123. The van der Waals surface area contributed by atoms with Gasteiger partial charge >= 0.3 is 0 Å². The van der Waals surface area contributed by atoms with Gasteiger partial charge in [0.25, 0.3) is 0 Å². The number of hydrogen-bond acceptors (Lipinski definition) is 3. The first-order chi connectivity index (χ1) is 12.4. The summed E-state index contributed by atoms with van der Waals surface area (Å²) in [6, 6.07) is 14.7. The van der Waals surface area contributed by atoms with Crippen molar-refractivity contribution in [2.45, 2.75) is 40.0 Å². The van der Waals surface area contributed by atoms with Crippen molar-refractivity contribution in [3.63, 3.8) is 0 Å². The third-order valence-electron chi connectivity index (χ3n) is 5.02. The van der Waals surface area contributed by atoms with Crippen LogP contribution < -0.4 is 10.2 Å². The molecule has 3 rings (SSSR count). The minimum atomic E-state index is -0.416. The molecule has 1 aliphatic heterocycles. The summed E-state index contributed by atoms with van der Waals surface area (Å²) in [6.45, 7) is 7.82. The van der Waals surface area contributed by atoms with Crippen molar-refractivity contribution >= 4 is 17.4 Å². The molecule has 1 aromatic heterocycles. The SMILES string of the molecule is CC(C)(C)C(=O)Nc1ccc(N2CCC(Cc3ccccc3)CC2)cn1. The molecule has 1 saturated heterocycles. The number of nitrogens with one attached hydrogen (secondary N) is 1. The Morgan fingerprint density at radius 2 is 1.81 bits per heavy atom. The monoisotopic (exact) mass is 351 g/mol. The van der Waals surface area contributed by atoms with Crippen LogP contribution in [-0.2, 0) is 11.2 Å². The molecule has 1 fully saturated rings. The van der Waals surface area contributed by atoms with Crippen LogP contribution in [0.1, 0.15) is 39.2 Å². The number of benzene rings is 1. The second-order valence-electron chi connectivity index (χ2n) is 8.23. The van der Waals surface area contributed by atoms with Crippen LogP contribution in [0.2, 0.25) is 0 Å². The Morgan fingerprint density at radius 3 is 2.38 bits per heavy atom. The number of carbonyl (C=O) groups excluding carboxylic acids is 1. The van der Waals surface area contributed by atoms with Gasteiger partial charge in [-0.1, -0.05) is 51.1 Å². The minimum Gasteiger partial charge on any atom is -0.370 e. The summed E-state index contributed by atoms with van der Waals surface area (Å²) in [5, 5.41) is 2.88. The molecule has 2 heterocycles. The molecule has 0 aliphatic carbocycles. The van der Waals surface area contributed by atoms with Gasteiger partial charge in [0, 0.05) is 18.5 Å². The second kappa shape index (κ2) is 7.90. The maximum atomic E-state index is 12.0. The molecule has 0 spiro atoms. The van der Waals surface area contributed by atoms with Crippen LogP contribution in [0.5, 0.6) is 0 Å². The molecule has 1 N–H and O–H groups in total. The van der Waals surface area contributed by atoms with Crippen molar-refractivity contribution in [3.05, 3.63) is 54.2 Å². The highest BCUT2D eigenvalue weighted by Crippen LogP contribution is 2.26. The average Bonchev–Trinajstić information content (AvgIpc) is 2.63. The van der Waals surface area contributed by atoms with Crippen LogP contribution in [0.25, 0.3) is 0 Å². The number of anilines is 2. The van der Waals surface area contributed by atoms with Gasteiger partial charge in [-0.25, -0.2) is 4.98 Å². The van der Waals surface area contributed by atoms with Crippen molar-refractivity contribution in [2.24, 2.45) is 11.3 Å². The summed E-state index contributed by atoms with van der Waals surface area (Å²) in [6.07, 6.45) is 5.45. The number of pyridine rings is 1. The van der Waals surface area contributed by atoms with Gasteiger partial charge in [-0.15, -0.1) is 0 Å². The zero-order valence-electron chi connectivity index (χ0n) is 16.0. The molecule has 0 radical (unpaired) electrons. The maximum absolute atomic E-state index is 12.0. The predicted octanol–water partition coefficient (Wildman–Crippen LogP) is 4.53. The van der Waals surface area contributed by atoms with Gasteiger partial charge in [0.2, 0.25) is 5.91 Å². The Balaban J connectivity index is 1.52. The lowest BCUT2D eigenvalue weighted by Crippen LogP contribution is -2.34. The quantitative estimate of drug-likeness (QED) is 0.880. The number of aromatic nitrogens is 1. The largest absolute Gasteiger partial charge is 0.370 e. The molecule has 2 aromatic rings. The van der Waals surface area contributed by atoms with Gasteiger partial charge in [0.15, 0.2) is 0 Å². The second-order valence-corrected chi connectivity index (χ2v) is 8.23. The zero-order chi connectivity index (χ0) is 18.6. The highest BCUT2D eigenvalue weighted by molar-refractivity contribution is 5.93. The van der Waals surface area contributed by atoms with Crippen molar-refractivity contribution in [1.82, 2.24) is 4.98 Å². The fourth-order valence-corrected chi connectivity index (χ4v) is 3.29. The van der Waals surface area contributed by atoms with Crippen molar-refractivity contribution < 1.29 is 4.79 Å². The smallest absolute Gasteiger partial charge is 0.230 e. The van der Waals surface area contributed by atoms with E-state index in [9.17, 15) is 4.79 Å². The summed E-state index contributed by atoms with van der Waals surface area (Å²) >= 11 is 0. The molecule has 1 aromatic carbocycles. The van der Waals surface area contributed by atoms with Crippen LogP contribution in [-0.4, -0.2) is 24.0 Å². The summed E-state index contributed by atoms with van der Waals surface area (Å²) in [4.78, 5) is 18.9. The molecule has 1 amide bonds. The molecule has 0 unspecified atom stereocenters. The van der Waals surface area contributed by atoms with Gasteiger partial charge < -0.3 is 10.2 Å². The molecular weight excluding hydrogens is 322 g/mol. The van der Waals surface area contributed by atoms with Crippen molar-refractivity contribution in [3.8, 4) is 0 Å². The highest BCUT2D eigenvalue weighted by atomic mass is 16.2. The molecule has 26 heavy (non-hydrogen) atoms. The fourth-order valence-electron chi connectivity index (χ4n) is 3.29. The Kier molecular flexibility index (Phi) is 5.60. The van der Waals surface area contributed by atoms with E-state index in [1.165, 1.54) is 24.8 Å². The van der Waals surface area contributed by atoms with Gasteiger partial charge in [0.1, 0.15) is 5.82 Å². The molecule has 0 saturated carbocycles. The van der Waals surface area contributed by atoms with Crippen LogP contribution in [0.3, 0.4) is 0 Å². The fraction of sp³-hybridized carbons (Fsp3) is 0.455. The number of carbonyl (C=O) groups is 1. The van der Waals surface area contributed by atoms with Gasteiger partial charge in [-0.2, -0.15) is 0 Å². The van der Waals surface area contributed by atoms with Crippen LogP contribution in [0, 0.1) is 11.3 Å². The number of rotatable bonds is 4. The minimum absolute atomic E-state index is 0.0144. The predicted molar refractivity (Wildman–Crippen MR) is 107 cm³/mol. The first-order valence-corrected chi connectivity index (χ1v) is 9.48. The molecule has 1 aliphatic rings. The molecular formula is C22H29N3O. The van der Waals surface area contributed by atoms with Crippen LogP contribution >= 0.6 is 0 Å². The number of piperidine rings is 1. The lowest BCUT2D eigenvalue weighted by atomic mass is 9.90. The Labute approximate surface area is 156 Å². The van der Waals surface area contributed by atoms with Gasteiger partial charge in [0.05, 0.1) is 11.9 Å². The van der Waals surface area contributed by atoms with Crippen molar-refractivity contribution in [2.75, 3.05) is 23.3 Å². The molecule has 4 heteroatoms. The average molecular weight is 351 g/mol. The van der Waals surface area contributed by atoms with E-state index in [1.54, 1.807) is 0 Å². The Hall–Kier alpha value is -2.36. The Bertz CT molecular complexity index is 711. The summed E-state index contributed by atoms with van der Waals surface area (Å²) in [5.74, 6) is 1.36. The van der Waals surface area contributed by atoms with E-state index >= 15 is 0 Å². The number of nitrogens with zero attached hydrogens (tertiary/aromatic N) is 2. The standard InChI is InChI=1S/C22H29N3O/c1-22(2,3)21(26)24-20-10-9-19(16-23-20)25-13-11-18(12-14-25)15-17-7-5-4-6-8-17/h4-10,16,18H,11-15H2,1-3H3,(H,23,24,26). The van der Waals surface area contributed by atoms with Crippen LogP contribution in [0.4, 0.5) is 11.5 Å². The zero-order valence-corrected chi connectivity index (χ0v) is 16.0. The highest BCUT2D eigenvalue weighted by Gasteiger charge is 2.22. The van der Waals surface area contributed by atoms with E-state index in [0.29, 0.717) is 5.82 Å². The van der Waals surface area contributed by atoms with E-state index in [1.807, 2.05) is 33.0 Å². The van der Waals surface area contributed by atoms with E-state index < -0.39 is 5.41 Å². The van der Waals surface area contributed by atoms with Crippen LogP contribution in [0.15, 0.2) is 48.7 Å². The maximum Gasteiger partial charge on any atom is 0.230 e.